The van der Waals surface area contributed by atoms with Crippen LogP contribution >= 0.6 is 0 Å². The number of rotatable bonds is 5. The maximum atomic E-state index is 13.3. The van der Waals surface area contributed by atoms with Crippen molar-refractivity contribution in [2.45, 2.75) is 12.7 Å². The predicted molar refractivity (Wildman–Crippen MR) is 124 cm³/mol. The van der Waals surface area contributed by atoms with Gasteiger partial charge in [0.2, 0.25) is 5.78 Å². The van der Waals surface area contributed by atoms with Crippen LogP contribution in [0.1, 0.15) is 5.56 Å². The molecule has 0 unspecified atom stereocenters. The maximum Gasteiger partial charge on any atom is 0.416 e. The van der Waals surface area contributed by atoms with Gasteiger partial charge in [-0.15, -0.1) is 0 Å². The molecule has 0 radical (unpaired) electrons. The summed E-state index contributed by atoms with van der Waals surface area (Å²) in [5.41, 5.74) is 0.322. The molecule has 35 heavy (non-hydrogen) atoms. The first-order valence-electron chi connectivity index (χ1n) is 10.7. The Labute approximate surface area is 196 Å². The number of nitrogens with zero attached hydrogens (tertiary/aromatic N) is 5. The number of ether oxygens (including phenoxy) is 1. The number of hydrogen-bond donors (Lipinski definition) is 0. The van der Waals surface area contributed by atoms with Gasteiger partial charge in [-0.3, -0.25) is 22.9 Å². The Balaban J connectivity index is 1.85. The molecule has 5 aromatic rings. The minimum atomic E-state index is -4.47. The highest BCUT2D eigenvalue weighted by Gasteiger charge is 2.30. The second-order valence-corrected chi connectivity index (χ2v) is 8.01. The third kappa shape index (κ3) is 3.64. The smallest absolute Gasteiger partial charge is 0.383 e. The number of hydrogen-bond acceptors (Lipinski definition) is 4. The summed E-state index contributed by atoms with van der Waals surface area (Å²) < 4.78 is 50.1. The van der Waals surface area contributed by atoms with Gasteiger partial charge >= 0.3 is 11.9 Å². The summed E-state index contributed by atoms with van der Waals surface area (Å²) in [6, 6.07) is 13.9. The molecule has 0 aliphatic carbocycles. The Kier molecular flexibility index (Phi) is 5.36. The number of methoxy groups -OCH3 is 1. The van der Waals surface area contributed by atoms with E-state index in [4.69, 9.17) is 4.74 Å². The zero-order valence-corrected chi connectivity index (χ0v) is 18.8. The lowest BCUT2D eigenvalue weighted by Gasteiger charge is -2.11. The third-order valence-electron chi connectivity index (χ3n) is 5.89. The molecule has 3 heterocycles. The van der Waals surface area contributed by atoms with Crippen LogP contribution in [0.25, 0.3) is 33.9 Å². The maximum absolute atomic E-state index is 13.3. The highest BCUT2D eigenvalue weighted by molar-refractivity contribution is 5.79. The van der Waals surface area contributed by atoms with Crippen LogP contribution < -0.4 is 11.2 Å². The normalized spacial score (nSPS) is 12.1. The summed E-state index contributed by atoms with van der Waals surface area (Å²) in [7, 11) is 2.99. The first kappa shape index (κ1) is 22.7. The van der Waals surface area contributed by atoms with Gasteiger partial charge in [0.25, 0.3) is 5.56 Å². The van der Waals surface area contributed by atoms with Crippen LogP contribution in [0.5, 0.6) is 0 Å². The summed E-state index contributed by atoms with van der Waals surface area (Å²) in [6.45, 7) is 0.237. The van der Waals surface area contributed by atoms with Gasteiger partial charge in [0, 0.05) is 31.6 Å². The molecule has 0 bridgehead atoms. The van der Waals surface area contributed by atoms with E-state index in [-0.39, 0.29) is 30.1 Å². The van der Waals surface area contributed by atoms with Crippen molar-refractivity contribution in [2.24, 2.45) is 7.05 Å². The van der Waals surface area contributed by atoms with Gasteiger partial charge in [0.15, 0.2) is 11.2 Å². The van der Waals surface area contributed by atoms with Gasteiger partial charge in [0.1, 0.15) is 0 Å². The topological polar surface area (TPSA) is 75.5 Å². The van der Waals surface area contributed by atoms with Crippen LogP contribution in [-0.2, 0) is 24.5 Å². The van der Waals surface area contributed by atoms with Gasteiger partial charge in [0.05, 0.1) is 24.4 Å². The summed E-state index contributed by atoms with van der Waals surface area (Å²) in [5.74, 6) is 0.287. The number of aromatic nitrogens is 5. The summed E-state index contributed by atoms with van der Waals surface area (Å²) in [4.78, 5) is 30.7. The van der Waals surface area contributed by atoms with Crippen LogP contribution in [0.2, 0.25) is 0 Å². The van der Waals surface area contributed by atoms with Crippen molar-refractivity contribution in [1.82, 2.24) is 23.1 Å². The molecule has 11 heteroatoms. The molecule has 2 aromatic carbocycles. The van der Waals surface area contributed by atoms with Gasteiger partial charge < -0.3 is 4.74 Å². The zero-order chi connectivity index (χ0) is 24.9. The van der Waals surface area contributed by atoms with E-state index >= 15 is 0 Å². The molecule has 0 N–H and O–H groups in total. The van der Waals surface area contributed by atoms with Gasteiger partial charge in [-0.1, -0.05) is 30.3 Å². The van der Waals surface area contributed by atoms with Crippen molar-refractivity contribution in [2.75, 3.05) is 13.7 Å². The molecule has 8 nitrogen and oxygen atoms in total. The Hall–Kier alpha value is -4.12. The first-order valence-corrected chi connectivity index (χ1v) is 10.7. The fraction of sp³-hybridized carbons (Fsp3) is 0.208. The fourth-order valence-corrected chi connectivity index (χ4v) is 4.14. The molecule has 0 saturated carbocycles. The Morgan fingerprint density at radius 1 is 1.00 bits per heavy atom. The number of benzene rings is 2. The van der Waals surface area contributed by atoms with E-state index in [2.05, 4.69) is 4.98 Å². The van der Waals surface area contributed by atoms with Crippen molar-refractivity contribution in [3.05, 3.63) is 87.2 Å². The molecule has 0 spiro atoms. The van der Waals surface area contributed by atoms with E-state index < -0.39 is 23.0 Å². The SMILES string of the molecule is COCCn1c(=O)c2c(nc3n(-c4ccc(C(F)(F)F)cc4)c(-c4ccccc4)cn23)n(C)c1=O. The molecular formula is C24H20F3N5O3. The van der Waals surface area contributed by atoms with Gasteiger partial charge in [-0.25, -0.2) is 4.79 Å². The second-order valence-electron chi connectivity index (χ2n) is 8.01. The van der Waals surface area contributed by atoms with E-state index in [1.807, 2.05) is 30.3 Å². The zero-order valence-electron chi connectivity index (χ0n) is 18.8. The van der Waals surface area contributed by atoms with E-state index in [1.165, 1.54) is 30.9 Å². The minimum Gasteiger partial charge on any atom is -0.383 e. The predicted octanol–water partition coefficient (Wildman–Crippen LogP) is 3.47. The summed E-state index contributed by atoms with van der Waals surface area (Å²) in [6.07, 6.45) is -2.77. The van der Waals surface area contributed by atoms with E-state index in [0.29, 0.717) is 11.4 Å². The van der Waals surface area contributed by atoms with Crippen LogP contribution in [0.3, 0.4) is 0 Å². The lowest BCUT2D eigenvalue weighted by molar-refractivity contribution is -0.137. The van der Waals surface area contributed by atoms with Crippen LogP contribution in [0, 0.1) is 0 Å². The third-order valence-corrected chi connectivity index (χ3v) is 5.89. The van der Waals surface area contributed by atoms with Crippen LogP contribution in [0.4, 0.5) is 13.2 Å². The lowest BCUT2D eigenvalue weighted by atomic mass is 10.1. The Bertz CT molecular complexity index is 1660. The number of halogens is 3. The number of alkyl halides is 3. The van der Waals surface area contributed by atoms with Crippen molar-refractivity contribution >= 4 is 16.9 Å². The lowest BCUT2D eigenvalue weighted by Crippen LogP contribution is -2.40. The molecule has 3 aromatic heterocycles. The summed E-state index contributed by atoms with van der Waals surface area (Å²) in [5, 5.41) is 0. The summed E-state index contributed by atoms with van der Waals surface area (Å²) >= 11 is 0. The molecule has 0 fully saturated rings. The molecule has 0 saturated heterocycles. The Morgan fingerprint density at radius 2 is 1.69 bits per heavy atom. The van der Waals surface area contributed by atoms with Crippen molar-refractivity contribution in [3.63, 3.8) is 0 Å². The van der Waals surface area contributed by atoms with E-state index in [1.54, 1.807) is 15.2 Å². The van der Waals surface area contributed by atoms with Crippen LogP contribution in [-0.4, -0.2) is 36.8 Å². The van der Waals surface area contributed by atoms with E-state index in [0.717, 1.165) is 22.3 Å². The van der Waals surface area contributed by atoms with E-state index in [9.17, 15) is 22.8 Å². The number of fused-ring (bicyclic) bond motifs is 3. The average Bonchev–Trinajstić information content (AvgIpc) is 3.39. The Morgan fingerprint density at radius 3 is 2.31 bits per heavy atom. The number of imidazole rings is 2. The van der Waals surface area contributed by atoms with Crippen molar-refractivity contribution in [3.8, 4) is 16.9 Å². The average molecular weight is 483 g/mol. The molecule has 0 aliphatic rings. The molecule has 0 aliphatic heterocycles. The quantitative estimate of drug-likeness (QED) is 0.384. The standard InChI is InChI=1S/C24H20F3N5O3/c1-29-20-19(21(33)30(23(29)34)12-13-35-2)31-14-18(15-6-4-3-5-7-15)32(22(31)28-20)17-10-8-16(9-11-17)24(25,26)27/h3-11,14H,12-13H2,1-2H3. The second kappa shape index (κ2) is 8.27. The molecule has 5 rings (SSSR count). The monoisotopic (exact) mass is 483 g/mol. The highest BCUT2D eigenvalue weighted by atomic mass is 19.4. The number of aryl methyl sites for hydroxylation is 1. The highest BCUT2D eigenvalue weighted by Crippen LogP contribution is 2.32. The van der Waals surface area contributed by atoms with Gasteiger partial charge in [-0.05, 0) is 24.3 Å². The van der Waals surface area contributed by atoms with Crippen molar-refractivity contribution in [1.29, 1.82) is 0 Å². The van der Waals surface area contributed by atoms with Gasteiger partial charge in [-0.2, -0.15) is 18.2 Å². The first-order chi connectivity index (χ1) is 16.7. The minimum absolute atomic E-state index is 0.0658. The fourth-order valence-electron chi connectivity index (χ4n) is 4.14. The molecule has 180 valence electrons. The molecular weight excluding hydrogens is 463 g/mol. The molecule has 0 amide bonds. The molecule has 0 atom stereocenters. The van der Waals surface area contributed by atoms with Crippen molar-refractivity contribution < 1.29 is 17.9 Å². The van der Waals surface area contributed by atoms with Crippen LogP contribution in [0.15, 0.2) is 70.4 Å². The largest absolute Gasteiger partial charge is 0.416 e.